The number of nitrogens with one attached hydrogen (secondary N) is 1. The van der Waals surface area contributed by atoms with Gasteiger partial charge in [0.15, 0.2) is 0 Å². The van der Waals surface area contributed by atoms with Crippen molar-refractivity contribution >= 4 is 21.4 Å². The summed E-state index contributed by atoms with van der Waals surface area (Å²) in [5, 5.41) is 10.8. The van der Waals surface area contributed by atoms with E-state index in [1.54, 1.807) is 5.38 Å². The van der Waals surface area contributed by atoms with Gasteiger partial charge in [0.2, 0.25) is 10.0 Å². The molecule has 0 saturated carbocycles. The van der Waals surface area contributed by atoms with Crippen molar-refractivity contribution in [1.29, 1.82) is 0 Å². The molecule has 1 heterocycles. The minimum atomic E-state index is -3.61. The Kier molecular flexibility index (Phi) is 5.74. The van der Waals surface area contributed by atoms with Crippen LogP contribution in [0.1, 0.15) is 18.7 Å². The van der Waals surface area contributed by atoms with Crippen molar-refractivity contribution in [3.05, 3.63) is 16.3 Å². The minimum absolute atomic E-state index is 0.121. The molecule has 0 spiro atoms. The van der Waals surface area contributed by atoms with Gasteiger partial charge in [-0.3, -0.25) is 0 Å². The molecule has 0 radical (unpaired) electrons. The average molecular weight is 293 g/mol. The van der Waals surface area contributed by atoms with E-state index in [2.05, 4.69) is 4.72 Å². The Labute approximate surface area is 112 Å². The average Bonchev–Trinajstić information content (AvgIpc) is 2.76. The SMILES string of the molecule is COCC(NS(=O)(=O)c1ccsc1CO)C(C)C. The second kappa shape index (κ2) is 6.63. The largest absolute Gasteiger partial charge is 0.391 e. The number of thiophene rings is 1. The van der Waals surface area contributed by atoms with Crippen LogP contribution in [-0.4, -0.2) is 33.3 Å². The Balaban J connectivity index is 2.93. The quantitative estimate of drug-likeness (QED) is 0.792. The second-order valence-corrected chi connectivity index (χ2v) is 6.98. The molecule has 18 heavy (non-hydrogen) atoms. The first-order valence-electron chi connectivity index (χ1n) is 5.61. The lowest BCUT2D eigenvalue weighted by molar-refractivity contribution is 0.157. The van der Waals surface area contributed by atoms with Crippen LogP contribution in [0, 0.1) is 5.92 Å². The first-order valence-corrected chi connectivity index (χ1v) is 7.97. The molecule has 0 aromatic carbocycles. The van der Waals surface area contributed by atoms with Crippen LogP contribution in [0.4, 0.5) is 0 Å². The molecule has 0 amide bonds. The minimum Gasteiger partial charge on any atom is -0.391 e. The predicted octanol–water partition coefficient (Wildman–Crippen LogP) is 1.19. The van der Waals surface area contributed by atoms with Gasteiger partial charge < -0.3 is 9.84 Å². The molecular weight excluding hydrogens is 274 g/mol. The molecule has 5 nitrogen and oxygen atoms in total. The van der Waals surface area contributed by atoms with Gasteiger partial charge >= 0.3 is 0 Å². The molecule has 0 bridgehead atoms. The Bertz CT molecular complexity index is 467. The maximum Gasteiger partial charge on any atom is 0.242 e. The van der Waals surface area contributed by atoms with Crippen LogP contribution >= 0.6 is 11.3 Å². The van der Waals surface area contributed by atoms with E-state index in [0.29, 0.717) is 11.5 Å². The summed E-state index contributed by atoms with van der Waals surface area (Å²) < 4.78 is 32.0. The molecule has 1 aromatic heterocycles. The zero-order valence-electron chi connectivity index (χ0n) is 10.7. The van der Waals surface area contributed by atoms with Gasteiger partial charge in [-0.1, -0.05) is 13.8 Å². The van der Waals surface area contributed by atoms with Gasteiger partial charge in [0.1, 0.15) is 0 Å². The fourth-order valence-corrected chi connectivity index (χ4v) is 4.15. The number of hydrogen-bond donors (Lipinski definition) is 2. The summed E-state index contributed by atoms with van der Waals surface area (Å²) >= 11 is 1.22. The Hall–Kier alpha value is -0.470. The highest BCUT2D eigenvalue weighted by Gasteiger charge is 2.25. The molecule has 1 rings (SSSR count). The fourth-order valence-electron chi connectivity index (χ4n) is 1.49. The standard InChI is InChI=1S/C11H19NO4S2/c1-8(2)9(7-16-3)12-18(14,15)11-4-5-17-10(11)6-13/h4-5,8-9,12-13H,6-7H2,1-3H3. The molecule has 2 N–H and O–H groups in total. The van der Waals surface area contributed by atoms with Gasteiger partial charge in [0.05, 0.1) is 18.1 Å². The Morgan fingerprint density at radius 1 is 1.50 bits per heavy atom. The summed E-state index contributed by atoms with van der Waals surface area (Å²) in [5.41, 5.74) is 0. The van der Waals surface area contributed by atoms with Crippen LogP contribution in [0.5, 0.6) is 0 Å². The van der Waals surface area contributed by atoms with E-state index in [1.165, 1.54) is 24.5 Å². The number of rotatable bonds is 7. The fraction of sp³-hybridized carbons (Fsp3) is 0.636. The van der Waals surface area contributed by atoms with Crippen molar-refractivity contribution < 1.29 is 18.3 Å². The number of aliphatic hydroxyl groups is 1. The van der Waals surface area contributed by atoms with Gasteiger partial charge in [-0.25, -0.2) is 13.1 Å². The number of hydrogen-bond acceptors (Lipinski definition) is 5. The van der Waals surface area contributed by atoms with Crippen molar-refractivity contribution in [3.63, 3.8) is 0 Å². The second-order valence-electron chi connectivity index (χ2n) is 4.29. The molecule has 0 aliphatic heterocycles. The van der Waals surface area contributed by atoms with E-state index in [9.17, 15) is 8.42 Å². The van der Waals surface area contributed by atoms with Crippen molar-refractivity contribution in [2.45, 2.75) is 31.4 Å². The number of ether oxygens (including phenoxy) is 1. The van der Waals surface area contributed by atoms with Crippen LogP contribution in [0.3, 0.4) is 0 Å². The first-order chi connectivity index (χ1) is 8.42. The summed E-state index contributed by atoms with van der Waals surface area (Å²) in [6.45, 7) is 3.89. The molecule has 0 aliphatic rings. The summed E-state index contributed by atoms with van der Waals surface area (Å²) in [6.07, 6.45) is 0. The van der Waals surface area contributed by atoms with E-state index in [1.807, 2.05) is 13.8 Å². The van der Waals surface area contributed by atoms with Gasteiger partial charge in [-0.05, 0) is 17.4 Å². The van der Waals surface area contributed by atoms with E-state index >= 15 is 0 Å². The van der Waals surface area contributed by atoms with E-state index < -0.39 is 10.0 Å². The van der Waals surface area contributed by atoms with Gasteiger partial charge in [-0.2, -0.15) is 0 Å². The molecule has 1 unspecified atom stereocenters. The lowest BCUT2D eigenvalue weighted by Crippen LogP contribution is -2.41. The van der Waals surface area contributed by atoms with Crippen LogP contribution in [0.2, 0.25) is 0 Å². The van der Waals surface area contributed by atoms with Gasteiger partial charge in [0, 0.05) is 18.0 Å². The normalized spacial score (nSPS) is 14.1. The van der Waals surface area contributed by atoms with Gasteiger partial charge in [-0.15, -0.1) is 11.3 Å². The number of methoxy groups -OCH3 is 1. The predicted molar refractivity (Wildman–Crippen MR) is 71.1 cm³/mol. The number of aliphatic hydroxyl groups excluding tert-OH is 1. The molecule has 0 aliphatic carbocycles. The molecule has 1 aromatic rings. The van der Waals surface area contributed by atoms with Crippen molar-refractivity contribution in [1.82, 2.24) is 4.72 Å². The third-order valence-electron chi connectivity index (χ3n) is 2.60. The maximum absolute atomic E-state index is 12.2. The highest BCUT2D eigenvalue weighted by Crippen LogP contribution is 2.22. The van der Waals surface area contributed by atoms with Crippen LogP contribution in [-0.2, 0) is 21.4 Å². The molecular formula is C11H19NO4S2. The summed E-state index contributed by atoms with van der Waals surface area (Å²) in [5.74, 6) is 0.121. The van der Waals surface area contributed by atoms with Crippen molar-refractivity contribution in [2.75, 3.05) is 13.7 Å². The topological polar surface area (TPSA) is 75.6 Å². The zero-order chi connectivity index (χ0) is 13.8. The third kappa shape index (κ3) is 3.76. The first kappa shape index (κ1) is 15.6. The monoisotopic (exact) mass is 293 g/mol. The molecule has 1 atom stereocenters. The summed E-state index contributed by atoms with van der Waals surface area (Å²) in [4.78, 5) is 0.596. The smallest absolute Gasteiger partial charge is 0.242 e. The molecule has 0 fully saturated rings. The number of sulfonamides is 1. The van der Waals surface area contributed by atoms with Crippen molar-refractivity contribution in [3.8, 4) is 0 Å². The molecule has 7 heteroatoms. The van der Waals surface area contributed by atoms with E-state index in [0.717, 1.165) is 0 Å². The molecule has 0 saturated heterocycles. The zero-order valence-corrected chi connectivity index (χ0v) is 12.3. The lowest BCUT2D eigenvalue weighted by Gasteiger charge is -2.21. The maximum atomic E-state index is 12.2. The highest BCUT2D eigenvalue weighted by atomic mass is 32.2. The third-order valence-corrected chi connectivity index (χ3v) is 5.20. The summed E-state index contributed by atoms with van der Waals surface area (Å²) in [6, 6.07) is 1.22. The van der Waals surface area contributed by atoms with E-state index in [-0.39, 0.29) is 23.5 Å². The van der Waals surface area contributed by atoms with Crippen LogP contribution in [0.25, 0.3) is 0 Å². The summed E-state index contributed by atoms with van der Waals surface area (Å²) in [7, 11) is -2.07. The van der Waals surface area contributed by atoms with Crippen LogP contribution < -0.4 is 4.72 Å². The Morgan fingerprint density at radius 2 is 2.17 bits per heavy atom. The Morgan fingerprint density at radius 3 is 2.67 bits per heavy atom. The van der Waals surface area contributed by atoms with Crippen LogP contribution in [0.15, 0.2) is 16.3 Å². The lowest BCUT2D eigenvalue weighted by atomic mass is 10.1. The van der Waals surface area contributed by atoms with E-state index in [4.69, 9.17) is 9.84 Å². The van der Waals surface area contributed by atoms with Gasteiger partial charge in [0.25, 0.3) is 0 Å². The highest BCUT2D eigenvalue weighted by molar-refractivity contribution is 7.89. The van der Waals surface area contributed by atoms with Crippen molar-refractivity contribution in [2.24, 2.45) is 5.92 Å². The molecule has 104 valence electrons.